The number of benzene rings is 1. The summed E-state index contributed by atoms with van der Waals surface area (Å²) in [5, 5.41) is 6.70. The molecule has 1 amide bonds. The van der Waals surface area contributed by atoms with Gasteiger partial charge in [-0.2, -0.15) is 0 Å². The highest BCUT2D eigenvalue weighted by atomic mass is 16.2. The van der Waals surface area contributed by atoms with Crippen molar-refractivity contribution >= 4 is 22.6 Å². The highest BCUT2D eigenvalue weighted by Crippen LogP contribution is 2.36. The normalized spacial score (nSPS) is 17.1. The number of H-pyrrole nitrogens is 1. The highest BCUT2D eigenvalue weighted by molar-refractivity contribution is 5.94. The number of anilines is 1. The van der Waals surface area contributed by atoms with E-state index in [4.69, 9.17) is 0 Å². The molecule has 2 aromatic heterocycles. The number of aromatic nitrogens is 3. The molecule has 0 spiro atoms. The first kappa shape index (κ1) is 14.7. The molecule has 3 aromatic rings. The third kappa shape index (κ3) is 2.22. The second kappa shape index (κ2) is 5.33. The average Bonchev–Trinajstić information content (AvgIpc) is 2.90. The number of fused-ring (bicyclic) bond motifs is 2. The predicted molar refractivity (Wildman–Crippen MR) is 92.3 cm³/mol. The number of rotatable bonds is 2. The molecule has 0 saturated heterocycles. The molecule has 24 heavy (non-hydrogen) atoms. The number of hydrogen-bond donors (Lipinski definition) is 2. The fraction of sp³-hybridized carbons (Fsp3) is 0.278. The van der Waals surface area contributed by atoms with Gasteiger partial charge in [0.2, 0.25) is 5.91 Å². The van der Waals surface area contributed by atoms with Gasteiger partial charge in [-0.25, -0.2) is 0 Å². The number of hydrogen-bond acceptors (Lipinski definition) is 3. The second-order valence-corrected chi connectivity index (χ2v) is 6.43. The second-order valence-electron chi connectivity index (χ2n) is 6.43. The van der Waals surface area contributed by atoms with Crippen molar-refractivity contribution in [3.05, 3.63) is 58.0 Å². The zero-order valence-electron chi connectivity index (χ0n) is 13.5. The van der Waals surface area contributed by atoms with E-state index in [-0.39, 0.29) is 29.8 Å². The van der Waals surface area contributed by atoms with Gasteiger partial charge in [-0.05, 0) is 37.6 Å². The molecular weight excluding hydrogens is 304 g/mol. The van der Waals surface area contributed by atoms with E-state index in [9.17, 15) is 9.59 Å². The van der Waals surface area contributed by atoms with Crippen molar-refractivity contribution in [2.75, 3.05) is 5.32 Å². The maximum Gasteiger partial charge on any atom is 0.270 e. The van der Waals surface area contributed by atoms with Gasteiger partial charge in [-0.1, -0.05) is 12.1 Å². The quantitative estimate of drug-likeness (QED) is 0.761. The molecule has 1 aliphatic rings. The van der Waals surface area contributed by atoms with Crippen molar-refractivity contribution in [1.82, 2.24) is 14.8 Å². The van der Waals surface area contributed by atoms with Crippen LogP contribution in [0.15, 0.2) is 41.3 Å². The lowest BCUT2D eigenvalue weighted by Gasteiger charge is -2.24. The third-order valence-corrected chi connectivity index (χ3v) is 4.50. The van der Waals surface area contributed by atoms with Crippen LogP contribution in [0.4, 0.5) is 5.82 Å². The number of nitrogens with zero attached hydrogens (tertiary/aromatic N) is 2. The Bertz CT molecular complexity index is 1000. The lowest BCUT2D eigenvalue weighted by Crippen LogP contribution is -2.27. The molecule has 1 atom stereocenters. The summed E-state index contributed by atoms with van der Waals surface area (Å²) in [5.41, 5.74) is 2.34. The molecule has 0 bridgehead atoms. The lowest BCUT2D eigenvalue weighted by molar-refractivity contribution is -0.116. The molecule has 1 aromatic carbocycles. The number of carbonyl (C=O) groups is 1. The van der Waals surface area contributed by atoms with Crippen LogP contribution in [0.2, 0.25) is 0 Å². The fourth-order valence-electron chi connectivity index (χ4n) is 3.37. The third-order valence-electron chi connectivity index (χ3n) is 4.50. The standard InChI is InChI=1S/C18H18N4O2/c1-10(2)22-17-16(18(24)21-22)13(9-15(23)20-17)11-5-6-14-12(8-11)4-3-7-19-14/h3-8,10,13H,9H2,1-2H3,(H,20,23)(H,21,24)/t13-/m0/s1. The lowest BCUT2D eigenvalue weighted by atomic mass is 9.86. The van der Waals surface area contributed by atoms with Crippen molar-refractivity contribution in [3.8, 4) is 0 Å². The Morgan fingerprint density at radius 1 is 1.25 bits per heavy atom. The first-order valence-corrected chi connectivity index (χ1v) is 8.03. The van der Waals surface area contributed by atoms with Crippen LogP contribution in [0.3, 0.4) is 0 Å². The van der Waals surface area contributed by atoms with Crippen LogP contribution in [0.25, 0.3) is 10.9 Å². The minimum atomic E-state index is -0.248. The Balaban J connectivity index is 1.90. The minimum absolute atomic E-state index is 0.0568. The number of pyridine rings is 1. The van der Waals surface area contributed by atoms with E-state index in [2.05, 4.69) is 15.4 Å². The molecule has 4 rings (SSSR count). The summed E-state index contributed by atoms with van der Waals surface area (Å²) in [6.45, 7) is 3.93. The van der Waals surface area contributed by atoms with Crippen LogP contribution in [0.1, 0.15) is 43.4 Å². The molecule has 0 saturated carbocycles. The molecule has 0 unspecified atom stereocenters. The van der Waals surface area contributed by atoms with E-state index < -0.39 is 0 Å². The molecule has 0 aliphatic carbocycles. The van der Waals surface area contributed by atoms with Gasteiger partial charge in [0.25, 0.3) is 5.56 Å². The van der Waals surface area contributed by atoms with Gasteiger partial charge < -0.3 is 5.32 Å². The molecule has 3 heterocycles. The smallest absolute Gasteiger partial charge is 0.270 e. The van der Waals surface area contributed by atoms with Crippen molar-refractivity contribution in [2.24, 2.45) is 0 Å². The van der Waals surface area contributed by atoms with Gasteiger partial charge in [-0.3, -0.25) is 24.4 Å². The first-order valence-electron chi connectivity index (χ1n) is 8.03. The van der Waals surface area contributed by atoms with Gasteiger partial charge in [0, 0.05) is 30.0 Å². The van der Waals surface area contributed by atoms with Gasteiger partial charge in [0.15, 0.2) is 0 Å². The van der Waals surface area contributed by atoms with Gasteiger partial charge >= 0.3 is 0 Å². The molecule has 0 radical (unpaired) electrons. The SMILES string of the molecule is CC(C)n1[nH]c(=O)c2c1NC(=O)C[C@H]2c1ccc2ncccc2c1. The number of carbonyl (C=O) groups excluding carboxylic acids is 1. The molecular formula is C18H18N4O2. The fourth-order valence-corrected chi connectivity index (χ4v) is 3.37. The summed E-state index contributed by atoms with van der Waals surface area (Å²) in [4.78, 5) is 29.0. The van der Waals surface area contributed by atoms with E-state index in [0.29, 0.717) is 11.4 Å². The topological polar surface area (TPSA) is 79.8 Å². The molecule has 1 aliphatic heterocycles. The van der Waals surface area contributed by atoms with Crippen molar-refractivity contribution in [1.29, 1.82) is 0 Å². The van der Waals surface area contributed by atoms with Crippen LogP contribution < -0.4 is 10.9 Å². The van der Waals surface area contributed by atoms with Crippen molar-refractivity contribution in [2.45, 2.75) is 32.2 Å². The Morgan fingerprint density at radius 2 is 2.08 bits per heavy atom. The van der Waals surface area contributed by atoms with E-state index >= 15 is 0 Å². The van der Waals surface area contributed by atoms with Gasteiger partial charge in [-0.15, -0.1) is 0 Å². The predicted octanol–water partition coefficient (Wildman–Crippen LogP) is 2.78. The number of amides is 1. The van der Waals surface area contributed by atoms with Gasteiger partial charge in [0.1, 0.15) is 5.82 Å². The Morgan fingerprint density at radius 3 is 2.88 bits per heavy atom. The summed E-state index contributed by atoms with van der Waals surface area (Å²) in [6.07, 6.45) is 2.02. The Kier molecular flexibility index (Phi) is 3.26. The van der Waals surface area contributed by atoms with E-state index in [1.807, 2.05) is 44.2 Å². The average molecular weight is 322 g/mol. The van der Waals surface area contributed by atoms with Gasteiger partial charge in [0.05, 0.1) is 11.1 Å². The van der Waals surface area contributed by atoms with Crippen LogP contribution in [-0.2, 0) is 4.79 Å². The summed E-state index contributed by atoms with van der Waals surface area (Å²) in [7, 11) is 0. The summed E-state index contributed by atoms with van der Waals surface area (Å²) in [5.74, 6) is 0.261. The van der Waals surface area contributed by atoms with Crippen LogP contribution >= 0.6 is 0 Å². The number of nitrogens with one attached hydrogen (secondary N) is 2. The Hall–Kier alpha value is -2.89. The van der Waals surface area contributed by atoms with Crippen molar-refractivity contribution < 1.29 is 4.79 Å². The zero-order chi connectivity index (χ0) is 16.8. The van der Waals surface area contributed by atoms with E-state index in [1.165, 1.54) is 0 Å². The molecule has 6 heteroatoms. The van der Waals surface area contributed by atoms with Crippen LogP contribution in [0, 0.1) is 0 Å². The molecule has 2 N–H and O–H groups in total. The Labute approximate surface area is 138 Å². The largest absolute Gasteiger partial charge is 0.311 e. The first-order chi connectivity index (χ1) is 11.5. The number of aromatic amines is 1. The van der Waals surface area contributed by atoms with E-state index in [1.54, 1.807) is 10.9 Å². The monoisotopic (exact) mass is 322 g/mol. The molecule has 122 valence electrons. The maximum absolute atomic E-state index is 12.5. The maximum atomic E-state index is 12.5. The van der Waals surface area contributed by atoms with Crippen LogP contribution in [0.5, 0.6) is 0 Å². The van der Waals surface area contributed by atoms with E-state index in [0.717, 1.165) is 16.5 Å². The zero-order valence-corrected chi connectivity index (χ0v) is 13.5. The van der Waals surface area contributed by atoms with Crippen molar-refractivity contribution in [3.63, 3.8) is 0 Å². The summed E-state index contributed by atoms with van der Waals surface area (Å²) >= 11 is 0. The van der Waals surface area contributed by atoms with Crippen LogP contribution in [-0.4, -0.2) is 20.7 Å². The minimum Gasteiger partial charge on any atom is -0.311 e. The summed E-state index contributed by atoms with van der Waals surface area (Å²) < 4.78 is 1.73. The summed E-state index contributed by atoms with van der Waals surface area (Å²) in [6, 6.07) is 9.83. The molecule has 0 fully saturated rings. The molecule has 6 nitrogen and oxygen atoms in total. The highest BCUT2D eigenvalue weighted by Gasteiger charge is 2.33.